The third-order valence-corrected chi connectivity index (χ3v) is 7.04. The molecule has 2 aromatic heterocycles. The minimum atomic E-state index is -0.647. The van der Waals surface area contributed by atoms with Crippen LogP contribution in [0.25, 0.3) is 21.3 Å². The zero-order valence-electron chi connectivity index (χ0n) is 21.7. The first-order valence-electron chi connectivity index (χ1n) is 12.6. The van der Waals surface area contributed by atoms with Gasteiger partial charge in [-0.1, -0.05) is 18.2 Å². The Kier molecular flexibility index (Phi) is 7.31. The lowest BCUT2D eigenvalue weighted by Gasteiger charge is -2.29. The van der Waals surface area contributed by atoms with Crippen molar-refractivity contribution in [3.05, 3.63) is 71.7 Å². The fourth-order valence-electron chi connectivity index (χ4n) is 4.31. The van der Waals surface area contributed by atoms with Crippen molar-refractivity contribution in [3.8, 4) is 10.4 Å². The summed E-state index contributed by atoms with van der Waals surface area (Å²) in [5, 5.41) is 12.0. The van der Waals surface area contributed by atoms with Crippen LogP contribution in [0.2, 0.25) is 0 Å². The maximum absolute atomic E-state index is 13.3. The highest BCUT2D eigenvalue weighted by atomic mass is 32.1. The van der Waals surface area contributed by atoms with Crippen LogP contribution >= 0.6 is 11.3 Å². The lowest BCUT2D eigenvalue weighted by molar-refractivity contribution is 0.0635. The third kappa shape index (κ3) is 6.12. The van der Waals surface area contributed by atoms with Gasteiger partial charge in [0.1, 0.15) is 5.60 Å². The van der Waals surface area contributed by atoms with Crippen molar-refractivity contribution in [1.82, 2.24) is 10.3 Å². The molecule has 8 nitrogen and oxygen atoms in total. The molecule has 0 unspecified atom stereocenters. The molecule has 1 saturated heterocycles. The molecule has 1 fully saturated rings. The number of hydrogen-bond acceptors (Lipinski definition) is 7. The highest BCUT2D eigenvalue weighted by Crippen LogP contribution is 2.32. The Morgan fingerprint density at radius 1 is 1.00 bits per heavy atom. The van der Waals surface area contributed by atoms with E-state index in [9.17, 15) is 9.59 Å². The second-order valence-electron chi connectivity index (χ2n) is 10.2. The third-order valence-electron chi connectivity index (χ3n) is 6.12. The first kappa shape index (κ1) is 25.7. The molecule has 1 aliphatic heterocycles. The fourth-order valence-corrected chi connectivity index (χ4v) is 5.04. The summed E-state index contributed by atoms with van der Waals surface area (Å²) in [4.78, 5) is 33.8. The lowest BCUT2D eigenvalue weighted by Crippen LogP contribution is -2.43. The minimum absolute atomic E-state index is 0.318. The Morgan fingerprint density at radius 3 is 2.55 bits per heavy atom. The van der Waals surface area contributed by atoms with Crippen molar-refractivity contribution >= 4 is 51.3 Å². The van der Waals surface area contributed by atoms with Crippen LogP contribution in [0.4, 0.5) is 21.9 Å². The highest BCUT2D eigenvalue weighted by molar-refractivity contribution is 7.13. The average molecular weight is 530 g/mol. The van der Waals surface area contributed by atoms with E-state index in [2.05, 4.69) is 38.0 Å². The molecule has 4 aromatic rings. The molecular formula is C29H31N5O3S. The van der Waals surface area contributed by atoms with Crippen molar-refractivity contribution in [2.45, 2.75) is 26.4 Å². The van der Waals surface area contributed by atoms with E-state index in [4.69, 9.17) is 4.74 Å². The van der Waals surface area contributed by atoms with Crippen molar-refractivity contribution in [2.24, 2.45) is 0 Å². The van der Waals surface area contributed by atoms with E-state index >= 15 is 0 Å². The Balaban J connectivity index is 1.40. The number of nitrogens with one attached hydrogen (secondary N) is 3. The summed E-state index contributed by atoms with van der Waals surface area (Å²) in [5.74, 6) is -0.318. The van der Waals surface area contributed by atoms with Crippen LogP contribution in [0.3, 0.4) is 0 Å². The van der Waals surface area contributed by atoms with Gasteiger partial charge >= 0.3 is 6.09 Å². The van der Waals surface area contributed by atoms with Gasteiger partial charge in [-0.25, -0.2) is 4.79 Å². The van der Waals surface area contributed by atoms with Crippen molar-refractivity contribution in [2.75, 3.05) is 41.7 Å². The number of ether oxygens (including phenoxy) is 1. The minimum Gasteiger partial charge on any atom is -0.444 e. The van der Waals surface area contributed by atoms with Gasteiger partial charge in [-0.15, -0.1) is 11.3 Å². The van der Waals surface area contributed by atoms with E-state index in [-0.39, 0.29) is 5.91 Å². The Labute approximate surface area is 226 Å². The summed E-state index contributed by atoms with van der Waals surface area (Å²) in [7, 11) is 0. The van der Waals surface area contributed by atoms with Gasteiger partial charge < -0.3 is 20.3 Å². The number of thiophene rings is 1. The Morgan fingerprint density at radius 2 is 1.82 bits per heavy atom. The fraction of sp³-hybridized carbons (Fsp3) is 0.276. The summed E-state index contributed by atoms with van der Waals surface area (Å²) >= 11 is 1.60. The van der Waals surface area contributed by atoms with Gasteiger partial charge in [0.2, 0.25) is 0 Å². The summed E-state index contributed by atoms with van der Waals surface area (Å²) < 4.78 is 5.41. The maximum Gasteiger partial charge on any atom is 0.412 e. The maximum atomic E-state index is 13.3. The van der Waals surface area contributed by atoms with E-state index in [1.54, 1.807) is 44.4 Å². The zero-order chi connectivity index (χ0) is 26.7. The van der Waals surface area contributed by atoms with Crippen LogP contribution in [0.5, 0.6) is 0 Å². The van der Waals surface area contributed by atoms with Crippen molar-refractivity contribution in [3.63, 3.8) is 0 Å². The molecule has 0 spiro atoms. The van der Waals surface area contributed by atoms with E-state index in [0.717, 1.165) is 53.2 Å². The first-order chi connectivity index (χ1) is 18.2. The van der Waals surface area contributed by atoms with E-state index in [1.165, 1.54) is 0 Å². The number of anilines is 3. The molecular weight excluding hydrogens is 498 g/mol. The lowest BCUT2D eigenvalue weighted by atomic mass is 10.1. The smallest absolute Gasteiger partial charge is 0.412 e. The summed E-state index contributed by atoms with van der Waals surface area (Å²) in [5.41, 5.74) is 3.60. The molecule has 2 amide bonds. The van der Waals surface area contributed by atoms with Gasteiger partial charge in [0.25, 0.3) is 5.91 Å². The quantitative estimate of drug-likeness (QED) is 0.295. The molecule has 0 aliphatic carbocycles. The van der Waals surface area contributed by atoms with E-state index < -0.39 is 11.7 Å². The number of nitrogens with zero attached hydrogens (tertiary/aromatic N) is 2. The number of pyridine rings is 1. The molecule has 0 radical (unpaired) electrons. The molecule has 5 rings (SSSR count). The van der Waals surface area contributed by atoms with Crippen LogP contribution in [-0.4, -0.2) is 48.8 Å². The number of benzene rings is 2. The van der Waals surface area contributed by atoms with Crippen LogP contribution < -0.4 is 20.9 Å². The predicted molar refractivity (Wildman–Crippen MR) is 154 cm³/mol. The molecule has 9 heteroatoms. The molecule has 3 heterocycles. The molecule has 1 aliphatic rings. The van der Waals surface area contributed by atoms with Gasteiger partial charge in [0.15, 0.2) is 0 Å². The van der Waals surface area contributed by atoms with Crippen LogP contribution in [0, 0.1) is 0 Å². The number of rotatable bonds is 5. The van der Waals surface area contributed by atoms with Gasteiger partial charge in [-0.2, -0.15) is 0 Å². The van der Waals surface area contributed by atoms with Gasteiger partial charge in [-0.3, -0.25) is 15.1 Å². The number of amides is 2. The summed E-state index contributed by atoms with van der Waals surface area (Å²) in [6, 6.07) is 17.5. The SMILES string of the molecule is CC(C)(C)OC(=O)Nc1ccc(-c2cccs2)cc1NC(=O)c1cnc2cc(N3CCNCC3)ccc2c1. The number of fused-ring (bicyclic) bond motifs is 1. The van der Waals surface area contributed by atoms with Gasteiger partial charge in [-0.05, 0) is 68.1 Å². The second kappa shape index (κ2) is 10.8. The topological polar surface area (TPSA) is 95.6 Å². The van der Waals surface area contributed by atoms with Crippen LogP contribution in [-0.2, 0) is 4.74 Å². The number of hydrogen-bond donors (Lipinski definition) is 3. The first-order valence-corrected chi connectivity index (χ1v) is 13.5. The number of aromatic nitrogens is 1. The highest BCUT2D eigenvalue weighted by Gasteiger charge is 2.19. The number of carbonyl (C=O) groups excluding carboxylic acids is 2. The second-order valence-corrected chi connectivity index (χ2v) is 11.1. The Hall–Kier alpha value is -3.95. The van der Waals surface area contributed by atoms with Crippen LogP contribution in [0.1, 0.15) is 31.1 Å². The van der Waals surface area contributed by atoms with Gasteiger partial charge in [0.05, 0.1) is 22.5 Å². The monoisotopic (exact) mass is 529 g/mol. The molecule has 0 bridgehead atoms. The molecule has 38 heavy (non-hydrogen) atoms. The molecule has 3 N–H and O–H groups in total. The largest absolute Gasteiger partial charge is 0.444 e. The normalized spacial score (nSPS) is 13.8. The van der Waals surface area contributed by atoms with Gasteiger partial charge in [0, 0.05) is 48.3 Å². The Bertz CT molecular complexity index is 1460. The van der Waals surface area contributed by atoms with Crippen molar-refractivity contribution in [1.29, 1.82) is 0 Å². The molecule has 0 atom stereocenters. The van der Waals surface area contributed by atoms with E-state index in [0.29, 0.717) is 16.9 Å². The standard InChI is InChI=1S/C29H31N5O3S/c1-29(2,3)37-28(36)33-23-9-7-20(26-5-4-14-38-26)16-25(23)32-27(35)21-15-19-6-8-22(17-24(19)31-18-21)34-12-10-30-11-13-34/h4-9,14-18,30H,10-13H2,1-3H3,(H,32,35)(H,33,36). The number of piperazine rings is 1. The summed E-state index contributed by atoms with van der Waals surface area (Å²) in [6.07, 6.45) is 0.994. The average Bonchev–Trinajstić information content (AvgIpc) is 3.43. The molecule has 2 aromatic carbocycles. The molecule has 0 saturated carbocycles. The summed E-state index contributed by atoms with van der Waals surface area (Å²) in [6.45, 7) is 9.23. The predicted octanol–water partition coefficient (Wildman–Crippen LogP) is 5.97. The van der Waals surface area contributed by atoms with E-state index in [1.807, 2.05) is 41.8 Å². The number of carbonyl (C=O) groups is 2. The zero-order valence-corrected chi connectivity index (χ0v) is 22.5. The van der Waals surface area contributed by atoms with Crippen molar-refractivity contribution < 1.29 is 14.3 Å². The molecule has 196 valence electrons. The van der Waals surface area contributed by atoms with Crippen LogP contribution in [0.15, 0.2) is 66.2 Å².